The summed E-state index contributed by atoms with van der Waals surface area (Å²) in [6.07, 6.45) is 5.81. The maximum Gasteiger partial charge on any atom is 0.0538 e. The first kappa shape index (κ1) is 13.7. The van der Waals surface area contributed by atoms with Crippen molar-refractivity contribution in [1.82, 2.24) is 14.5 Å². The monoisotopic (exact) mass is 319 g/mol. The van der Waals surface area contributed by atoms with E-state index in [0.29, 0.717) is 18.0 Å². The summed E-state index contributed by atoms with van der Waals surface area (Å²) in [6.45, 7) is 2.32. The van der Waals surface area contributed by atoms with Gasteiger partial charge in [0, 0.05) is 39.2 Å². The number of halogens is 1. The minimum atomic E-state index is 0.481. The molecule has 1 aromatic heterocycles. The fourth-order valence-electron chi connectivity index (χ4n) is 3.65. The van der Waals surface area contributed by atoms with Crippen LogP contribution in [0.25, 0.3) is 0 Å². The molecule has 2 aromatic rings. The number of nitrogens with zero attached hydrogens (tertiary/aromatic N) is 2. The zero-order valence-corrected chi connectivity index (χ0v) is 13.5. The van der Waals surface area contributed by atoms with Gasteiger partial charge in [0.15, 0.2) is 0 Å². The smallest absolute Gasteiger partial charge is 0.0538 e. The van der Waals surface area contributed by atoms with Gasteiger partial charge in [-0.05, 0) is 55.5 Å². The second-order valence-electron chi connectivity index (χ2n) is 5.95. The van der Waals surface area contributed by atoms with E-state index in [1.165, 1.54) is 35.4 Å². The number of aromatic nitrogens is 2. The zero-order valence-electron chi connectivity index (χ0n) is 11.9. The predicted octanol–water partition coefficient (Wildman–Crippen LogP) is 4.78. The van der Waals surface area contributed by atoms with E-state index in [9.17, 15) is 0 Å². The number of piperidine rings is 1. The van der Waals surface area contributed by atoms with Gasteiger partial charge in [-0.15, -0.1) is 0 Å². The Kier molecular flexibility index (Phi) is 3.48. The number of nitrogens with one attached hydrogen (secondary N) is 1. The molecule has 2 aliphatic heterocycles. The lowest BCUT2D eigenvalue weighted by Crippen LogP contribution is -2.44. The molecule has 4 rings (SSSR count). The molecule has 0 radical (unpaired) electrons. The topological polar surface area (TPSA) is 31.9 Å². The fraction of sp³-hybridized carbons (Fsp3) is 0.438. The molecule has 1 aromatic carbocycles. The van der Waals surface area contributed by atoms with E-state index < -0.39 is 0 Å². The third-order valence-corrected chi connectivity index (χ3v) is 6.20. The van der Waals surface area contributed by atoms with Gasteiger partial charge in [0.25, 0.3) is 0 Å². The predicted molar refractivity (Wildman–Crippen MR) is 86.5 cm³/mol. The number of benzene rings is 1. The minimum absolute atomic E-state index is 0.481. The quantitative estimate of drug-likeness (QED) is 0.808. The Labute approximate surface area is 134 Å². The van der Waals surface area contributed by atoms with Crippen molar-refractivity contribution in [3.63, 3.8) is 0 Å². The number of aromatic amines is 1. The van der Waals surface area contributed by atoms with Crippen LogP contribution in [0.5, 0.6) is 0 Å². The Balaban J connectivity index is 1.67. The number of rotatable bonds is 2. The Morgan fingerprint density at radius 1 is 1.29 bits per heavy atom. The van der Waals surface area contributed by atoms with E-state index >= 15 is 0 Å². The van der Waals surface area contributed by atoms with Gasteiger partial charge in [-0.25, -0.2) is 4.31 Å². The van der Waals surface area contributed by atoms with Crippen LogP contribution in [0.2, 0.25) is 5.02 Å². The van der Waals surface area contributed by atoms with Gasteiger partial charge in [0.1, 0.15) is 0 Å². The third kappa shape index (κ3) is 2.30. The number of H-pyrrole nitrogens is 1. The molecule has 21 heavy (non-hydrogen) atoms. The van der Waals surface area contributed by atoms with Crippen molar-refractivity contribution in [3.05, 3.63) is 46.7 Å². The lowest BCUT2D eigenvalue weighted by Gasteiger charge is -2.47. The van der Waals surface area contributed by atoms with Gasteiger partial charge in [0.2, 0.25) is 0 Å². The van der Waals surface area contributed by atoms with Crippen LogP contribution in [0, 0.1) is 0 Å². The Bertz CT molecular complexity index is 639. The molecule has 1 N–H and O–H groups in total. The highest BCUT2D eigenvalue weighted by Gasteiger charge is 2.43. The molecular weight excluding hydrogens is 302 g/mol. The fourth-order valence-corrected chi connectivity index (χ4v) is 5.04. The lowest BCUT2D eigenvalue weighted by atomic mass is 9.79. The maximum absolute atomic E-state index is 5.99. The first-order chi connectivity index (χ1) is 10.2. The molecule has 0 saturated carbocycles. The second kappa shape index (κ2) is 5.34. The zero-order chi connectivity index (χ0) is 14.4. The second-order valence-corrected chi connectivity index (χ2v) is 7.46. The van der Waals surface area contributed by atoms with Crippen LogP contribution in [0.15, 0.2) is 35.4 Å². The van der Waals surface area contributed by atoms with Crippen LogP contribution in [-0.4, -0.2) is 20.5 Å². The summed E-state index contributed by atoms with van der Waals surface area (Å²) in [5.74, 6) is 0.513. The Hall–Kier alpha value is -0.970. The average Bonchev–Trinajstić information content (AvgIpc) is 2.97. The summed E-state index contributed by atoms with van der Waals surface area (Å²) in [7, 11) is 0. The molecule has 110 valence electrons. The van der Waals surface area contributed by atoms with Crippen LogP contribution in [0.4, 0.5) is 0 Å². The number of hydrogen-bond donors (Lipinski definition) is 1. The SMILES string of the molecule is CC1c2[nH]ncc2C2CCCC1N2Sc1ccc(Cl)cc1. The van der Waals surface area contributed by atoms with Crippen molar-refractivity contribution in [2.24, 2.45) is 0 Å². The first-order valence-corrected chi connectivity index (χ1v) is 8.64. The van der Waals surface area contributed by atoms with Crippen LogP contribution in [0.3, 0.4) is 0 Å². The molecule has 0 aliphatic carbocycles. The molecular formula is C16H18ClN3S. The normalized spacial score (nSPS) is 28.4. The largest absolute Gasteiger partial charge is 0.282 e. The number of fused-ring (bicyclic) bond motifs is 4. The molecule has 3 heterocycles. The van der Waals surface area contributed by atoms with E-state index in [4.69, 9.17) is 11.6 Å². The highest BCUT2D eigenvalue weighted by molar-refractivity contribution is 7.97. The van der Waals surface area contributed by atoms with Crippen LogP contribution >= 0.6 is 23.5 Å². The molecule has 3 unspecified atom stereocenters. The number of hydrogen-bond acceptors (Lipinski definition) is 3. The Morgan fingerprint density at radius 3 is 2.90 bits per heavy atom. The standard InChI is InChI=1S/C16H18ClN3S/c1-10-14-3-2-4-15(13-9-18-19-16(10)13)20(14)21-12-7-5-11(17)6-8-12/h5-10,14-15H,2-4H2,1H3,(H,18,19). The summed E-state index contributed by atoms with van der Waals surface area (Å²) >= 11 is 7.86. The van der Waals surface area contributed by atoms with Crippen molar-refractivity contribution >= 4 is 23.5 Å². The highest BCUT2D eigenvalue weighted by atomic mass is 35.5. The van der Waals surface area contributed by atoms with E-state index in [1.54, 1.807) is 0 Å². The van der Waals surface area contributed by atoms with Crippen molar-refractivity contribution in [3.8, 4) is 0 Å². The molecule has 2 bridgehead atoms. The first-order valence-electron chi connectivity index (χ1n) is 7.49. The van der Waals surface area contributed by atoms with E-state index in [1.807, 2.05) is 30.3 Å². The average molecular weight is 320 g/mol. The third-order valence-electron chi connectivity index (χ3n) is 4.73. The van der Waals surface area contributed by atoms with Gasteiger partial charge in [-0.3, -0.25) is 5.10 Å². The van der Waals surface area contributed by atoms with Gasteiger partial charge >= 0.3 is 0 Å². The Morgan fingerprint density at radius 2 is 2.10 bits per heavy atom. The molecule has 1 saturated heterocycles. The lowest BCUT2D eigenvalue weighted by molar-refractivity contribution is 0.156. The molecule has 5 heteroatoms. The van der Waals surface area contributed by atoms with Gasteiger partial charge in [-0.1, -0.05) is 18.5 Å². The molecule has 3 nitrogen and oxygen atoms in total. The van der Waals surface area contributed by atoms with Gasteiger partial charge in [-0.2, -0.15) is 5.10 Å². The van der Waals surface area contributed by atoms with Crippen LogP contribution in [-0.2, 0) is 0 Å². The summed E-state index contributed by atoms with van der Waals surface area (Å²) in [6, 6.07) is 9.22. The van der Waals surface area contributed by atoms with Gasteiger partial charge in [0.05, 0.1) is 6.20 Å². The summed E-state index contributed by atoms with van der Waals surface area (Å²) in [4.78, 5) is 1.26. The summed E-state index contributed by atoms with van der Waals surface area (Å²) in [5, 5.41) is 8.31. The molecule has 2 aliphatic rings. The molecule has 1 fully saturated rings. The molecule has 0 spiro atoms. The molecule has 0 amide bonds. The van der Waals surface area contributed by atoms with Crippen molar-refractivity contribution in [2.45, 2.75) is 49.1 Å². The van der Waals surface area contributed by atoms with Crippen molar-refractivity contribution in [1.29, 1.82) is 0 Å². The van der Waals surface area contributed by atoms with E-state index in [2.05, 4.69) is 33.6 Å². The van der Waals surface area contributed by atoms with E-state index in [-0.39, 0.29) is 0 Å². The minimum Gasteiger partial charge on any atom is -0.282 e. The molecule has 3 atom stereocenters. The van der Waals surface area contributed by atoms with Crippen molar-refractivity contribution < 1.29 is 0 Å². The van der Waals surface area contributed by atoms with Crippen LogP contribution in [0.1, 0.15) is 49.4 Å². The summed E-state index contributed by atoms with van der Waals surface area (Å²) in [5.41, 5.74) is 2.73. The van der Waals surface area contributed by atoms with E-state index in [0.717, 1.165) is 5.02 Å². The van der Waals surface area contributed by atoms with Crippen LogP contribution < -0.4 is 0 Å². The van der Waals surface area contributed by atoms with Crippen molar-refractivity contribution in [2.75, 3.05) is 0 Å². The van der Waals surface area contributed by atoms with Gasteiger partial charge < -0.3 is 0 Å². The highest BCUT2D eigenvalue weighted by Crippen LogP contribution is 2.50. The maximum atomic E-state index is 5.99. The summed E-state index contributed by atoms with van der Waals surface area (Å²) < 4.78 is 2.59.